The molecule has 2 atom stereocenters. The van der Waals surface area contributed by atoms with E-state index in [4.69, 9.17) is 4.74 Å². The molecule has 10 rings (SSSR count). The van der Waals surface area contributed by atoms with Crippen LogP contribution in [0.2, 0.25) is 0 Å². The average molecular weight is 1310 g/mol. The van der Waals surface area contributed by atoms with Crippen molar-refractivity contribution in [2.45, 2.75) is 146 Å². The van der Waals surface area contributed by atoms with E-state index in [1.165, 1.54) is 38.9 Å². The summed E-state index contributed by atoms with van der Waals surface area (Å²) in [7, 11) is 7.73. The summed E-state index contributed by atoms with van der Waals surface area (Å²) >= 11 is 0. The monoisotopic (exact) mass is 1310 g/mol. The van der Waals surface area contributed by atoms with Crippen LogP contribution >= 0.6 is 0 Å². The number of rotatable bonds is 22. The fraction of sp³-hybridized carbons (Fsp3) is 0.415. The van der Waals surface area contributed by atoms with Gasteiger partial charge in [0.2, 0.25) is 0 Å². The van der Waals surface area contributed by atoms with Crippen LogP contribution in [0, 0.1) is 27.7 Å². The van der Waals surface area contributed by atoms with E-state index in [1.807, 2.05) is 126 Å². The number of piperazine rings is 2. The third-order valence-electron chi connectivity index (χ3n) is 18.5. The second-order valence-corrected chi connectivity index (χ2v) is 26.3. The molecule has 8 aromatic rings. The molecule has 96 heavy (non-hydrogen) atoms. The lowest BCUT2D eigenvalue weighted by atomic mass is 9.78. The zero-order valence-corrected chi connectivity index (χ0v) is 58.7. The van der Waals surface area contributed by atoms with Gasteiger partial charge < -0.3 is 45.4 Å². The topological polar surface area (TPSA) is 170 Å². The lowest BCUT2D eigenvalue weighted by Gasteiger charge is -2.35. The molecule has 2 heterocycles. The van der Waals surface area contributed by atoms with Gasteiger partial charge in [-0.2, -0.15) is 0 Å². The van der Waals surface area contributed by atoms with E-state index < -0.39 is 0 Å². The molecule has 0 radical (unpaired) electrons. The summed E-state index contributed by atoms with van der Waals surface area (Å²) in [5, 5.41) is 70.0. The molecule has 0 saturated carbocycles. The zero-order chi connectivity index (χ0) is 68.7. The van der Waals surface area contributed by atoms with Crippen LogP contribution in [0.3, 0.4) is 0 Å². The largest absolute Gasteiger partial charge is 0.508 e. The van der Waals surface area contributed by atoms with Gasteiger partial charge in [-0.15, -0.1) is 0 Å². The molecule has 8 aromatic carbocycles. The van der Waals surface area contributed by atoms with Crippen molar-refractivity contribution >= 4 is 0 Å². The van der Waals surface area contributed by atoms with Crippen LogP contribution < -0.4 is 4.74 Å². The summed E-state index contributed by atoms with van der Waals surface area (Å²) < 4.78 is 5.50. The fourth-order valence-corrected chi connectivity index (χ4v) is 12.9. The highest BCUT2D eigenvalue weighted by Gasteiger charge is 2.25. The molecule has 14 heteroatoms. The number of benzene rings is 8. The van der Waals surface area contributed by atoms with Crippen molar-refractivity contribution in [3.05, 3.63) is 235 Å². The van der Waals surface area contributed by atoms with Crippen LogP contribution in [-0.2, 0) is 58.7 Å². The van der Waals surface area contributed by atoms with Gasteiger partial charge in [-0.05, 0) is 162 Å². The molecular weight excluding hydrogens is 1200 g/mol. The van der Waals surface area contributed by atoms with Crippen molar-refractivity contribution in [1.82, 2.24) is 29.4 Å². The Morgan fingerprint density at radius 1 is 0.406 bits per heavy atom. The first-order valence-electron chi connectivity index (χ1n) is 34.0. The number of phenolic OH excluding ortho intramolecular Hbond substituents is 7. The number of phenols is 7. The normalized spacial score (nSPS) is 14.3. The number of nitrogens with zero attached hydrogens (tertiary/aromatic N) is 6. The Labute approximate surface area is 576 Å². The number of methoxy groups -OCH3 is 1. The second kappa shape index (κ2) is 38.0. The van der Waals surface area contributed by atoms with E-state index in [2.05, 4.69) is 113 Å². The molecule has 0 amide bonds. The summed E-state index contributed by atoms with van der Waals surface area (Å²) in [5.41, 5.74) is 16.4. The van der Waals surface area contributed by atoms with Crippen molar-refractivity contribution in [3.8, 4) is 46.0 Å². The summed E-state index contributed by atoms with van der Waals surface area (Å²) in [6, 6.07) is 49.2. The molecule has 2 unspecified atom stereocenters. The maximum absolute atomic E-state index is 10.1. The minimum atomic E-state index is 0. The molecule has 2 aliphatic heterocycles. The number of aromatic hydroxyl groups is 7. The van der Waals surface area contributed by atoms with Crippen LogP contribution in [0.15, 0.2) is 152 Å². The Morgan fingerprint density at radius 3 is 1.21 bits per heavy atom. The maximum atomic E-state index is 10.1. The van der Waals surface area contributed by atoms with Crippen molar-refractivity contribution in [3.63, 3.8) is 0 Å². The standard InChI is InChI=1S/C22H30N2O2.C21H28N2O2.C21H29NO2.C17H21NO2.CH4.H2/c1-3-17-5-7-21(25)19(13-17)15-23-9-11-24(12-10-23)16-20-14-18(4-2)6-8-22(20)26;1-16-4-6-20(24)18(12-16)14-22-8-10-23(11-9-22)15-19-13-17(2)5-7-21(19)25-3;1-5-19(15-7-10-18(23)11-8-15)20(6-2)16-9-12-21(24)17(13-16)14-22(3)4;1-12-6-4-8-14(16(12)19)10-18(3)11-15-9-5-7-13(2)17(15)20;;/h5-8,13-14,25-26H,3-4,9-12,15-16H2,1-2H3;4-7,12-13,24H,8-11,14-15H2,1-3H3;7-13,19-20,23-24H,5-6,14H2,1-4H3;4-9,19-20H,10-11H2,1-3H3;1H4;1H. The van der Waals surface area contributed by atoms with Gasteiger partial charge in [0, 0.05) is 139 Å². The predicted molar refractivity (Wildman–Crippen MR) is 396 cm³/mol. The first kappa shape index (κ1) is 76.9. The number of aryl methyl sites for hydroxylation is 6. The summed E-state index contributed by atoms with van der Waals surface area (Å²) in [6.07, 6.45) is 4.04. The third kappa shape index (κ3) is 22.8. The van der Waals surface area contributed by atoms with E-state index in [9.17, 15) is 35.7 Å². The van der Waals surface area contributed by atoms with Crippen LogP contribution in [-0.4, -0.2) is 146 Å². The first-order valence-corrected chi connectivity index (χ1v) is 34.0. The Kier molecular flexibility index (Phi) is 30.5. The van der Waals surface area contributed by atoms with Gasteiger partial charge in [0.05, 0.1) is 7.11 Å². The molecule has 14 nitrogen and oxygen atoms in total. The molecule has 7 N–H and O–H groups in total. The smallest absolute Gasteiger partial charge is 0.123 e. The SMILES string of the molecule is C.CCC(c1ccc(O)cc1)C(CC)c1ccc(O)c(CN(C)C)c1.CCc1ccc(O)c(CN2CCN(Cc3cc(CC)ccc3O)CC2)c1.COc1ccc(C)cc1CN1CCN(Cc2cc(C)ccc2O)CC1.Cc1cccc(CN(C)Cc2cccc(C)c2O)c1O.[HH]. The second-order valence-electron chi connectivity index (χ2n) is 26.3. The van der Waals surface area contributed by atoms with Crippen LogP contribution in [0.25, 0.3) is 0 Å². The maximum Gasteiger partial charge on any atom is 0.123 e. The molecular formula is C82H114N6O8. The van der Waals surface area contributed by atoms with Crippen molar-refractivity contribution in [1.29, 1.82) is 0 Å². The average Bonchev–Trinajstić information content (AvgIpc) is 0.842. The minimum absolute atomic E-state index is 0. The van der Waals surface area contributed by atoms with E-state index >= 15 is 0 Å². The van der Waals surface area contributed by atoms with Gasteiger partial charge in [-0.25, -0.2) is 0 Å². The number of hydrogen-bond donors (Lipinski definition) is 7. The van der Waals surface area contributed by atoms with Gasteiger partial charge in [-0.3, -0.25) is 24.5 Å². The summed E-state index contributed by atoms with van der Waals surface area (Å²) in [5.74, 6) is 4.32. The van der Waals surface area contributed by atoms with Crippen LogP contribution in [0.4, 0.5) is 0 Å². The molecule has 2 saturated heterocycles. The highest BCUT2D eigenvalue weighted by molar-refractivity contribution is 5.44. The summed E-state index contributed by atoms with van der Waals surface area (Å²) in [6.45, 7) is 30.0. The fourth-order valence-electron chi connectivity index (χ4n) is 12.9. The van der Waals surface area contributed by atoms with Crippen molar-refractivity contribution in [2.24, 2.45) is 0 Å². The third-order valence-corrected chi connectivity index (χ3v) is 18.5. The molecule has 2 fully saturated rings. The molecule has 0 aromatic heterocycles. The van der Waals surface area contributed by atoms with Crippen LogP contribution in [0.5, 0.6) is 46.0 Å². The summed E-state index contributed by atoms with van der Waals surface area (Å²) in [4.78, 5) is 13.8. The van der Waals surface area contributed by atoms with E-state index in [1.54, 1.807) is 25.3 Å². The van der Waals surface area contributed by atoms with Crippen molar-refractivity contribution < 1.29 is 41.9 Å². The lowest BCUT2D eigenvalue weighted by Crippen LogP contribution is -2.45. The lowest BCUT2D eigenvalue weighted by molar-refractivity contribution is 0.120. The quantitative estimate of drug-likeness (QED) is 0.0342. The highest BCUT2D eigenvalue weighted by Crippen LogP contribution is 2.40. The highest BCUT2D eigenvalue weighted by atomic mass is 16.5. The zero-order valence-electron chi connectivity index (χ0n) is 58.7. The Morgan fingerprint density at radius 2 is 0.781 bits per heavy atom. The van der Waals surface area contributed by atoms with Gasteiger partial charge in [-0.1, -0.05) is 155 Å². The molecule has 0 aliphatic carbocycles. The number of hydrogen-bond acceptors (Lipinski definition) is 14. The Balaban J connectivity index is 0.000000233. The first-order chi connectivity index (χ1) is 45.6. The Hall–Kier alpha value is -8.08. The van der Waals surface area contributed by atoms with Gasteiger partial charge in [0.25, 0.3) is 0 Å². The minimum Gasteiger partial charge on any atom is -0.508 e. The van der Waals surface area contributed by atoms with E-state index in [-0.39, 0.29) is 8.85 Å². The molecule has 0 bridgehead atoms. The van der Waals surface area contributed by atoms with Gasteiger partial charge in [0.15, 0.2) is 0 Å². The Bertz CT molecular complexity index is 3560. The predicted octanol–water partition coefficient (Wildman–Crippen LogP) is 16.0. The van der Waals surface area contributed by atoms with Gasteiger partial charge >= 0.3 is 0 Å². The van der Waals surface area contributed by atoms with E-state index in [0.717, 1.165) is 161 Å². The van der Waals surface area contributed by atoms with Gasteiger partial charge in [0.1, 0.15) is 46.0 Å². The molecule has 0 spiro atoms. The number of para-hydroxylation sites is 2. The van der Waals surface area contributed by atoms with E-state index in [0.29, 0.717) is 65.2 Å². The van der Waals surface area contributed by atoms with Crippen molar-refractivity contribution in [2.75, 3.05) is 80.6 Å². The molecule has 2 aliphatic rings. The van der Waals surface area contributed by atoms with Crippen LogP contribution in [0.1, 0.15) is 145 Å². The number of ether oxygens (including phenoxy) is 1. The molecule has 520 valence electrons.